The van der Waals surface area contributed by atoms with E-state index in [1.807, 2.05) is 6.07 Å². The lowest BCUT2D eigenvalue weighted by molar-refractivity contribution is -0.122. The van der Waals surface area contributed by atoms with Crippen LogP contribution in [0.1, 0.15) is 21.5 Å². The van der Waals surface area contributed by atoms with Gasteiger partial charge in [-0.1, -0.05) is 12.1 Å². The lowest BCUT2D eigenvalue weighted by Gasteiger charge is -2.13. The minimum Gasteiger partial charge on any atom is -0.493 e. The summed E-state index contributed by atoms with van der Waals surface area (Å²) in [6, 6.07) is 12.2. The van der Waals surface area contributed by atoms with Gasteiger partial charge in [0.1, 0.15) is 0 Å². The minimum atomic E-state index is -3.02. The van der Waals surface area contributed by atoms with E-state index in [1.165, 1.54) is 37.5 Å². The number of nitrogens with zero attached hydrogens (tertiary/aromatic N) is 2. The van der Waals surface area contributed by atoms with E-state index in [4.69, 9.17) is 10.00 Å². The lowest BCUT2D eigenvalue weighted by atomic mass is 10.1. The Morgan fingerprint density at radius 1 is 1.24 bits per heavy atom. The summed E-state index contributed by atoms with van der Waals surface area (Å²) in [4.78, 5) is 38.2. The fourth-order valence-electron chi connectivity index (χ4n) is 2.92. The van der Waals surface area contributed by atoms with Gasteiger partial charge in [-0.2, -0.15) is 14.0 Å². The SMILES string of the molecule is COc1cc(/C=C2\SC(=O)N(CCNC(=O)c3cccc(C#N)c3)C2=O)ccc1OC(F)F. The number of methoxy groups -OCH3 is 1. The van der Waals surface area contributed by atoms with Gasteiger partial charge in [0.2, 0.25) is 0 Å². The number of alkyl halides is 2. The van der Waals surface area contributed by atoms with Crippen molar-refractivity contribution < 1.29 is 32.6 Å². The molecule has 0 radical (unpaired) electrons. The third-order valence-corrected chi connectivity index (χ3v) is 5.36. The van der Waals surface area contributed by atoms with Gasteiger partial charge < -0.3 is 14.8 Å². The molecule has 1 heterocycles. The van der Waals surface area contributed by atoms with Crippen molar-refractivity contribution in [3.05, 3.63) is 64.1 Å². The van der Waals surface area contributed by atoms with Gasteiger partial charge in [-0.3, -0.25) is 19.3 Å². The highest BCUT2D eigenvalue weighted by atomic mass is 32.2. The number of thioether (sulfide) groups is 1. The molecule has 0 atom stereocenters. The second-order valence-electron chi connectivity index (χ2n) is 6.57. The number of nitriles is 1. The average molecular weight is 473 g/mol. The fraction of sp³-hybridized carbons (Fsp3) is 0.182. The number of carbonyl (C=O) groups is 3. The first kappa shape index (κ1) is 23.7. The smallest absolute Gasteiger partial charge is 0.387 e. The first-order chi connectivity index (χ1) is 15.8. The van der Waals surface area contributed by atoms with E-state index in [0.29, 0.717) is 11.1 Å². The molecular weight excluding hydrogens is 456 g/mol. The van der Waals surface area contributed by atoms with Crippen LogP contribution in [0.2, 0.25) is 0 Å². The molecule has 0 saturated carbocycles. The Balaban J connectivity index is 1.64. The number of nitrogens with one attached hydrogen (secondary N) is 1. The lowest BCUT2D eigenvalue weighted by Crippen LogP contribution is -2.37. The van der Waals surface area contributed by atoms with Gasteiger partial charge in [0.25, 0.3) is 17.1 Å². The molecule has 11 heteroatoms. The van der Waals surface area contributed by atoms with Gasteiger partial charge in [0.15, 0.2) is 11.5 Å². The summed E-state index contributed by atoms with van der Waals surface area (Å²) < 4.78 is 34.3. The van der Waals surface area contributed by atoms with E-state index in [-0.39, 0.29) is 35.1 Å². The molecule has 1 aliphatic rings. The summed E-state index contributed by atoms with van der Waals surface area (Å²) in [6.07, 6.45) is 1.44. The van der Waals surface area contributed by atoms with Crippen LogP contribution in [-0.4, -0.2) is 48.8 Å². The van der Waals surface area contributed by atoms with Crippen molar-refractivity contribution in [3.8, 4) is 17.6 Å². The van der Waals surface area contributed by atoms with Crippen LogP contribution < -0.4 is 14.8 Å². The van der Waals surface area contributed by atoms with Crippen molar-refractivity contribution in [2.45, 2.75) is 6.61 Å². The van der Waals surface area contributed by atoms with Crippen molar-refractivity contribution in [2.24, 2.45) is 0 Å². The van der Waals surface area contributed by atoms with Crippen molar-refractivity contribution >= 4 is 34.9 Å². The Morgan fingerprint density at radius 3 is 2.73 bits per heavy atom. The molecule has 170 valence electrons. The van der Waals surface area contributed by atoms with Crippen LogP contribution >= 0.6 is 11.8 Å². The van der Waals surface area contributed by atoms with Crippen LogP contribution in [0, 0.1) is 11.3 Å². The van der Waals surface area contributed by atoms with Crippen LogP contribution in [0.3, 0.4) is 0 Å². The summed E-state index contributed by atoms with van der Waals surface area (Å²) in [5.74, 6) is -1.09. The number of ether oxygens (including phenoxy) is 2. The molecule has 1 aliphatic heterocycles. The molecule has 8 nitrogen and oxygen atoms in total. The van der Waals surface area contributed by atoms with E-state index in [2.05, 4.69) is 10.1 Å². The number of hydrogen-bond acceptors (Lipinski definition) is 7. The van der Waals surface area contributed by atoms with Gasteiger partial charge in [0, 0.05) is 18.7 Å². The summed E-state index contributed by atoms with van der Waals surface area (Å²) in [5, 5.41) is 11.0. The molecule has 0 aromatic heterocycles. The Hall–Kier alpha value is -3.91. The predicted octanol–water partition coefficient (Wildman–Crippen LogP) is 3.63. The van der Waals surface area contributed by atoms with E-state index in [0.717, 1.165) is 16.7 Å². The molecule has 2 aromatic carbocycles. The second kappa shape index (κ2) is 10.6. The topological polar surface area (TPSA) is 109 Å². The molecule has 3 amide bonds. The molecule has 1 N–H and O–H groups in total. The Labute approximate surface area is 191 Å². The average Bonchev–Trinajstić information content (AvgIpc) is 3.06. The van der Waals surface area contributed by atoms with Gasteiger partial charge in [-0.05, 0) is 53.7 Å². The zero-order valence-corrected chi connectivity index (χ0v) is 18.0. The molecule has 0 bridgehead atoms. The quantitative estimate of drug-likeness (QED) is 0.583. The van der Waals surface area contributed by atoms with Crippen LogP contribution in [0.4, 0.5) is 13.6 Å². The molecular formula is C22H17F2N3O5S. The standard InChI is InChI=1S/C22H17F2N3O5S/c1-31-17-10-13(5-6-16(17)32-21(23)24)11-18-20(29)27(22(30)33-18)8-7-26-19(28)15-4-2-3-14(9-15)12-25/h2-6,9-11,21H,7-8H2,1H3,(H,26,28)/b18-11-. The number of benzene rings is 2. The van der Waals surface area contributed by atoms with Crippen LogP contribution in [0.15, 0.2) is 47.4 Å². The number of rotatable bonds is 8. The van der Waals surface area contributed by atoms with Crippen molar-refractivity contribution in [2.75, 3.05) is 20.2 Å². The molecule has 33 heavy (non-hydrogen) atoms. The zero-order chi connectivity index (χ0) is 24.0. The molecule has 0 aliphatic carbocycles. The zero-order valence-electron chi connectivity index (χ0n) is 17.2. The van der Waals surface area contributed by atoms with Crippen LogP contribution in [0.25, 0.3) is 6.08 Å². The van der Waals surface area contributed by atoms with Gasteiger partial charge in [0.05, 0.1) is 23.6 Å². The van der Waals surface area contributed by atoms with E-state index in [9.17, 15) is 23.2 Å². The maximum atomic E-state index is 12.6. The third-order valence-electron chi connectivity index (χ3n) is 4.45. The van der Waals surface area contributed by atoms with E-state index >= 15 is 0 Å². The number of imide groups is 1. The Kier molecular flexibility index (Phi) is 7.63. The molecule has 0 unspecified atom stereocenters. The Bertz CT molecular complexity index is 1160. The molecule has 0 spiro atoms. The summed E-state index contributed by atoms with van der Waals surface area (Å²) >= 11 is 0.723. The van der Waals surface area contributed by atoms with Gasteiger partial charge >= 0.3 is 6.61 Å². The van der Waals surface area contributed by atoms with Gasteiger partial charge in [-0.15, -0.1) is 0 Å². The molecule has 1 fully saturated rings. The normalized spacial score (nSPS) is 14.5. The fourth-order valence-corrected chi connectivity index (χ4v) is 3.79. The maximum Gasteiger partial charge on any atom is 0.387 e. The second-order valence-corrected chi connectivity index (χ2v) is 7.56. The summed E-state index contributed by atoms with van der Waals surface area (Å²) in [6.45, 7) is -3.04. The summed E-state index contributed by atoms with van der Waals surface area (Å²) in [5.41, 5.74) is 1.07. The monoisotopic (exact) mass is 473 g/mol. The first-order valence-electron chi connectivity index (χ1n) is 9.49. The highest BCUT2D eigenvalue weighted by Gasteiger charge is 2.34. The number of carbonyl (C=O) groups excluding carboxylic acids is 3. The van der Waals surface area contributed by atoms with Gasteiger partial charge in [-0.25, -0.2) is 0 Å². The van der Waals surface area contributed by atoms with E-state index in [1.54, 1.807) is 18.2 Å². The highest BCUT2D eigenvalue weighted by Crippen LogP contribution is 2.34. The minimum absolute atomic E-state index is 0.0222. The molecule has 3 rings (SSSR count). The number of hydrogen-bond donors (Lipinski definition) is 1. The number of amides is 3. The molecule has 2 aromatic rings. The predicted molar refractivity (Wildman–Crippen MR) is 116 cm³/mol. The summed E-state index contributed by atoms with van der Waals surface area (Å²) in [7, 11) is 1.29. The molecule has 1 saturated heterocycles. The van der Waals surface area contributed by atoms with Crippen molar-refractivity contribution in [1.29, 1.82) is 5.26 Å². The van der Waals surface area contributed by atoms with Crippen LogP contribution in [-0.2, 0) is 4.79 Å². The maximum absolute atomic E-state index is 12.6. The Morgan fingerprint density at radius 2 is 2.03 bits per heavy atom. The first-order valence-corrected chi connectivity index (χ1v) is 10.3. The van der Waals surface area contributed by atoms with E-state index < -0.39 is 23.7 Å². The van der Waals surface area contributed by atoms with Crippen molar-refractivity contribution in [1.82, 2.24) is 10.2 Å². The largest absolute Gasteiger partial charge is 0.493 e. The third kappa shape index (κ3) is 5.87. The van der Waals surface area contributed by atoms with Crippen molar-refractivity contribution in [3.63, 3.8) is 0 Å². The van der Waals surface area contributed by atoms with Crippen LogP contribution in [0.5, 0.6) is 11.5 Å². The highest BCUT2D eigenvalue weighted by molar-refractivity contribution is 8.18. The number of halogens is 2.